The fourth-order valence-electron chi connectivity index (χ4n) is 1.74. The smallest absolute Gasteiger partial charge is 0.323 e. The number of methoxy groups -OCH3 is 1. The van der Waals surface area contributed by atoms with Crippen LogP contribution in [-0.4, -0.2) is 34.1 Å². The third-order valence-corrected chi connectivity index (χ3v) is 2.71. The Morgan fingerprint density at radius 3 is 2.84 bits per heavy atom. The molecule has 2 aromatic rings. The van der Waals surface area contributed by atoms with Gasteiger partial charge in [-0.1, -0.05) is 35.5 Å². The van der Waals surface area contributed by atoms with Crippen LogP contribution < -0.4 is 5.73 Å². The van der Waals surface area contributed by atoms with Crippen molar-refractivity contribution in [3.63, 3.8) is 0 Å². The number of aromatic nitrogens is 3. The Morgan fingerprint density at radius 2 is 2.16 bits per heavy atom. The first-order valence-corrected chi connectivity index (χ1v) is 5.95. The quantitative estimate of drug-likeness (QED) is 0.785. The number of nitrogens with two attached hydrogens (primary N) is 1. The molecule has 1 atom stereocenters. The van der Waals surface area contributed by atoms with Crippen LogP contribution in [0.1, 0.15) is 11.3 Å². The molecule has 19 heavy (non-hydrogen) atoms. The van der Waals surface area contributed by atoms with Crippen LogP contribution in [0.2, 0.25) is 0 Å². The van der Waals surface area contributed by atoms with E-state index in [0.29, 0.717) is 18.7 Å². The number of benzene rings is 1. The van der Waals surface area contributed by atoms with Gasteiger partial charge in [0.25, 0.3) is 0 Å². The van der Waals surface area contributed by atoms with Crippen molar-refractivity contribution in [3.8, 4) is 0 Å². The Hall–Kier alpha value is -2.21. The lowest BCUT2D eigenvalue weighted by Crippen LogP contribution is -2.33. The molecule has 0 aliphatic rings. The summed E-state index contributed by atoms with van der Waals surface area (Å²) in [6.07, 6.45) is 2.11. The fourth-order valence-corrected chi connectivity index (χ4v) is 1.74. The molecule has 1 heterocycles. The number of esters is 1. The van der Waals surface area contributed by atoms with Crippen molar-refractivity contribution in [1.29, 1.82) is 0 Å². The molecule has 1 aromatic heterocycles. The highest BCUT2D eigenvalue weighted by atomic mass is 16.5. The Morgan fingerprint density at radius 1 is 1.42 bits per heavy atom. The van der Waals surface area contributed by atoms with E-state index in [1.807, 2.05) is 30.3 Å². The van der Waals surface area contributed by atoms with Crippen LogP contribution in [-0.2, 0) is 22.5 Å². The second-order valence-corrected chi connectivity index (χ2v) is 4.23. The Bertz CT molecular complexity index is 539. The molecule has 0 saturated carbocycles. The maximum atomic E-state index is 11.2. The second kappa shape index (κ2) is 6.10. The van der Waals surface area contributed by atoms with Crippen LogP contribution in [0.25, 0.3) is 0 Å². The first-order valence-electron chi connectivity index (χ1n) is 5.95. The molecule has 0 bridgehead atoms. The van der Waals surface area contributed by atoms with E-state index in [4.69, 9.17) is 5.73 Å². The molecule has 0 amide bonds. The number of carbonyl (C=O) groups is 1. The predicted octanol–water partition coefficient (Wildman–Crippen LogP) is 0.369. The number of hydrogen-bond donors (Lipinski definition) is 1. The van der Waals surface area contributed by atoms with Crippen LogP contribution in [0.3, 0.4) is 0 Å². The lowest BCUT2D eigenvalue weighted by atomic mass is 10.2. The Balaban J connectivity index is 1.98. The Labute approximate surface area is 111 Å². The highest BCUT2D eigenvalue weighted by molar-refractivity contribution is 5.75. The summed E-state index contributed by atoms with van der Waals surface area (Å²) in [4.78, 5) is 11.2. The van der Waals surface area contributed by atoms with Gasteiger partial charge in [-0.3, -0.25) is 4.79 Å². The first kappa shape index (κ1) is 13.2. The molecule has 0 saturated heterocycles. The molecular weight excluding hydrogens is 244 g/mol. The summed E-state index contributed by atoms with van der Waals surface area (Å²) in [5, 5.41) is 8.00. The predicted molar refractivity (Wildman–Crippen MR) is 69.3 cm³/mol. The van der Waals surface area contributed by atoms with Crippen molar-refractivity contribution in [2.75, 3.05) is 7.11 Å². The summed E-state index contributed by atoms with van der Waals surface area (Å²) < 4.78 is 6.28. The molecule has 100 valence electrons. The zero-order valence-corrected chi connectivity index (χ0v) is 10.7. The average Bonchev–Trinajstić information content (AvgIpc) is 2.86. The van der Waals surface area contributed by atoms with E-state index in [-0.39, 0.29) is 0 Å². The van der Waals surface area contributed by atoms with Gasteiger partial charge in [0, 0.05) is 12.6 Å². The summed E-state index contributed by atoms with van der Waals surface area (Å²) >= 11 is 0. The average molecular weight is 260 g/mol. The van der Waals surface area contributed by atoms with E-state index >= 15 is 0 Å². The van der Waals surface area contributed by atoms with Gasteiger partial charge in [0.2, 0.25) is 0 Å². The largest absolute Gasteiger partial charge is 0.468 e. The van der Waals surface area contributed by atoms with E-state index in [1.165, 1.54) is 7.11 Å². The monoisotopic (exact) mass is 260 g/mol. The standard InChI is InChI=1S/C13H16N4O2/c1-19-13(18)12(14)7-11-9-17(16-15-11)8-10-5-3-2-4-6-10/h2-6,9,12H,7-8,14H2,1H3/t12-/m0/s1. The van der Waals surface area contributed by atoms with Crippen LogP contribution in [0.4, 0.5) is 0 Å². The van der Waals surface area contributed by atoms with Crippen LogP contribution >= 0.6 is 0 Å². The summed E-state index contributed by atoms with van der Waals surface area (Å²) in [7, 11) is 1.31. The molecule has 0 aliphatic carbocycles. The second-order valence-electron chi connectivity index (χ2n) is 4.23. The van der Waals surface area contributed by atoms with Gasteiger partial charge >= 0.3 is 5.97 Å². The first-order chi connectivity index (χ1) is 9.19. The molecule has 6 heteroatoms. The molecule has 2 rings (SSSR count). The number of rotatable bonds is 5. The SMILES string of the molecule is COC(=O)[C@@H](N)Cc1cn(Cc2ccccc2)nn1. The van der Waals surface area contributed by atoms with Gasteiger partial charge in [-0.05, 0) is 5.56 Å². The van der Waals surface area contributed by atoms with Crippen molar-refractivity contribution >= 4 is 5.97 Å². The molecule has 0 fully saturated rings. The highest BCUT2D eigenvalue weighted by Crippen LogP contribution is 2.03. The van der Waals surface area contributed by atoms with Crippen molar-refractivity contribution in [1.82, 2.24) is 15.0 Å². The van der Waals surface area contributed by atoms with E-state index in [2.05, 4.69) is 15.0 Å². The maximum Gasteiger partial charge on any atom is 0.323 e. The summed E-state index contributed by atoms with van der Waals surface area (Å²) in [5.74, 6) is -0.447. The lowest BCUT2D eigenvalue weighted by molar-refractivity contribution is -0.142. The normalized spacial score (nSPS) is 12.1. The van der Waals surface area contributed by atoms with E-state index in [0.717, 1.165) is 5.56 Å². The number of ether oxygens (including phenoxy) is 1. The van der Waals surface area contributed by atoms with Gasteiger partial charge in [-0.15, -0.1) is 5.10 Å². The van der Waals surface area contributed by atoms with Gasteiger partial charge in [-0.25, -0.2) is 4.68 Å². The lowest BCUT2D eigenvalue weighted by Gasteiger charge is -2.05. The van der Waals surface area contributed by atoms with E-state index in [1.54, 1.807) is 10.9 Å². The number of hydrogen-bond acceptors (Lipinski definition) is 5. The molecule has 0 aliphatic heterocycles. The molecule has 1 aromatic carbocycles. The summed E-state index contributed by atoms with van der Waals surface area (Å²) in [6.45, 7) is 0.640. The van der Waals surface area contributed by atoms with Crippen molar-refractivity contribution in [3.05, 3.63) is 47.8 Å². The zero-order valence-electron chi connectivity index (χ0n) is 10.7. The summed E-state index contributed by atoms with van der Waals surface area (Å²) in [6, 6.07) is 9.24. The summed E-state index contributed by atoms with van der Waals surface area (Å²) in [5.41, 5.74) is 7.48. The maximum absolute atomic E-state index is 11.2. The minimum absolute atomic E-state index is 0.321. The minimum Gasteiger partial charge on any atom is -0.468 e. The molecule has 0 unspecified atom stereocenters. The molecule has 6 nitrogen and oxygen atoms in total. The number of nitrogens with zero attached hydrogens (tertiary/aromatic N) is 3. The van der Waals surface area contributed by atoms with Crippen LogP contribution in [0, 0.1) is 0 Å². The fraction of sp³-hybridized carbons (Fsp3) is 0.308. The number of carbonyl (C=O) groups excluding carboxylic acids is 1. The molecule has 0 spiro atoms. The third-order valence-electron chi connectivity index (χ3n) is 2.71. The zero-order chi connectivity index (χ0) is 13.7. The van der Waals surface area contributed by atoms with Gasteiger partial charge in [-0.2, -0.15) is 0 Å². The van der Waals surface area contributed by atoms with E-state index < -0.39 is 12.0 Å². The van der Waals surface area contributed by atoms with Crippen molar-refractivity contribution < 1.29 is 9.53 Å². The Kier molecular flexibility index (Phi) is 4.25. The van der Waals surface area contributed by atoms with Crippen molar-refractivity contribution in [2.24, 2.45) is 5.73 Å². The molecular formula is C13H16N4O2. The third kappa shape index (κ3) is 3.62. The molecule has 0 radical (unpaired) electrons. The molecule has 2 N–H and O–H groups in total. The highest BCUT2D eigenvalue weighted by Gasteiger charge is 2.16. The van der Waals surface area contributed by atoms with Crippen LogP contribution in [0.5, 0.6) is 0 Å². The topological polar surface area (TPSA) is 83.0 Å². The van der Waals surface area contributed by atoms with E-state index in [9.17, 15) is 4.79 Å². The minimum atomic E-state index is -0.702. The van der Waals surface area contributed by atoms with Gasteiger partial charge < -0.3 is 10.5 Å². The van der Waals surface area contributed by atoms with Gasteiger partial charge in [0.1, 0.15) is 6.04 Å². The van der Waals surface area contributed by atoms with Crippen LogP contribution in [0.15, 0.2) is 36.5 Å². The van der Waals surface area contributed by atoms with Crippen molar-refractivity contribution in [2.45, 2.75) is 19.0 Å². The van der Waals surface area contributed by atoms with Gasteiger partial charge in [0.15, 0.2) is 0 Å². The van der Waals surface area contributed by atoms with Gasteiger partial charge in [0.05, 0.1) is 19.3 Å².